The van der Waals surface area contributed by atoms with E-state index in [2.05, 4.69) is 27.0 Å². The predicted octanol–water partition coefficient (Wildman–Crippen LogP) is 4.33. The van der Waals surface area contributed by atoms with Gasteiger partial charge in [0.1, 0.15) is 10.6 Å². The number of hydrogen-bond donors (Lipinski definition) is 1. The Bertz CT molecular complexity index is 986. The van der Waals surface area contributed by atoms with Crippen LogP contribution < -0.4 is 5.73 Å². The van der Waals surface area contributed by atoms with Crippen molar-refractivity contribution in [3.8, 4) is 11.4 Å². The second kappa shape index (κ2) is 6.37. The van der Waals surface area contributed by atoms with E-state index in [1.54, 1.807) is 6.07 Å². The standard InChI is InChI=1S/C18H15F3N4S/c19-18(20,21)12-5-3-4-11(8-12)16-23-15(22)14-9-13(26-17(14)24-16)10-25-6-1-2-7-25/h1-5,8-9H,6-7,10H2,(H2,22,23,24). The van der Waals surface area contributed by atoms with Gasteiger partial charge in [-0.15, -0.1) is 11.3 Å². The number of nitrogens with two attached hydrogens (primary N) is 1. The number of alkyl halides is 3. The lowest BCUT2D eigenvalue weighted by molar-refractivity contribution is -0.137. The summed E-state index contributed by atoms with van der Waals surface area (Å²) in [5, 5.41) is 0.743. The minimum Gasteiger partial charge on any atom is -0.383 e. The molecule has 0 aliphatic carbocycles. The van der Waals surface area contributed by atoms with Crippen molar-refractivity contribution >= 4 is 27.4 Å². The van der Waals surface area contributed by atoms with Crippen molar-refractivity contribution in [3.05, 3.63) is 52.9 Å². The fraction of sp³-hybridized carbons (Fsp3) is 0.222. The van der Waals surface area contributed by atoms with Crippen LogP contribution in [0.1, 0.15) is 10.4 Å². The minimum absolute atomic E-state index is 0.206. The van der Waals surface area contributed by atoms with Gasteiger partial charge in [0.2, 0.25) is 0 Å². The lowest BCUT2D eigenvalue weighted by Gasteiger charge is -2.12. The van der Waals surface area contributed by atoms with Crippen LogP contribution in [0.3, 0.4) is 0 Å². The third-order valence-corrected chi connectivity index (χ3v) is 5.21. The van der Waals surface area contributed by atoms with Crippen molar-refractivity contribution in [2.45, 2.75) is 12.7 Å². The van der Waals surface area contributed by atoms with Gasteiger partial charge in [0, 0.05) is 30.1 Å². The van der Waals surface area contributed by atoms with Crippen LogP contribution in [-0.4, -0.2) is 28.0 Å². The van der Waals surface area contributed by atoms with E-state index in [1.807, 2.05) is 6.07 Å². The summed E-state index contributed by atoms with van der Waals surface area (Å²) in [5.41, 5.74) is 5.61. The molecule has 2 aromatic heterocycles. The topological polar surface area (TPSA) is 55.0 Å². The zero-order chi connectivity index (χ0) is 18.3. The molecule has 4 rings (SSSR count). The number of hydrogen-bond acceptors (Lipinski definition) is 5. The highest BCUT2D eigenvalue weighted by Gasteiger charge is 2.30. The average Bonchev–Trinajstić information content (AvgIpc) is 3.24. The molecular formula is C18H15F3N4S. The van der Waals surface area contributed by atoms with E-state index in [1.165, 1.54) is 17.4 Å². The molecule has 3 heterocycles. The fourth-order valence-electron chi connectivity index (χ4n) is 2.91. The zero-order valence-electron chi connectivity index (χ0n) is 13.6. The zero-order valence-corrected chi connectivity index (χ0v) is 14.4. The molecule has 1 aliphatic rings. The molecule has 0 bridgehead atoms. The Hall–Kier alpha value is -2.45. The maximum Gasteiger partial charge on any atom is 0.416 e. The second-order valence-corrected chi connectivity index (χ2v) is 7.22. The van der Waals surface area contributed by atoms with E-state index >= 15 is 0 Å². The third-order valence-electron chi connectivity index (χ3n) is 4.19. The molecule has 0 fully saturated rings. The summed E-state index contributed by atoms with van der Waals surface area (Å²) in [5.74, 6) is 0.488. The Kier molecular flexibility index (Phi) is 4.16. The first kappa shape index (κ1) is 17.0. The van der Waals surface area contributed by atoms with Crippen molar-refractivity contribution in [3.63, 3.8) is 0 Å². The molecule has 0 saturated carbocycles. The van der Waals surface area contributed by atoms with Crippen LogP contribution in [0.15, 0.2) is 42.5 Å². The molecule has 8 heteroatoms. The number of rotatable bonds is 3. The van der Waals surface area contributed by atoms with Crippen LogP contribution in [-0.2, 0) is 12.7 Å². The summed E-state index contributed by atoms with van der Waals surface area (Å²) in [4.78, 5) is 12.7. The normalized spacial score (nSPS) is 15.2. The number of aromatic nitrogens is 2. The molecular weight excluding hydrogens is 361 g/mol. The number of thiophene rings is 1. The summed E-state index contributed by atoms with van der Waals surface area (Å²) < 4.78 is 38.8. The highest BCUT2D eigenvalue weighted by atomic mass is 32.1. The molecule has 0 radical (unpaired) electrons. The number of benzene rings is 1. The Labute approximate surface area is 151 Å². The van der Waals surface area contributed by atoms with Gasteiger partial charge >= 0.3 is 6.18 Å². The molecule has 3 aromatic rings. The molecule has 0 atom stereocenters. The maximum atomic E-state index is 12.9. The molecule has 1 aliphatic heterocycles. The third kappa shape index (κ3) is 3.30. The van der Waals surface area contributed by atoms with E-state index in [-0.39, 0.29) is 11.6 Å². The number of halogens is 3. The Morgan fingerprint density at radius 3 is 2.62 bits per heavy atom. The molecule has 0 spiro atoms. The van der Waals surface area contributed by atoms with E-state index in [0.29, 0.717) is 10.4 Å². The number of nitrogen functional groups attached to an aromatic ring is 1. The fourth-order valence-corrected chi connectivity index (χ4v) is 3.98. The van der Waals surface area contributed by atoms with Gasteiger partial charge in [0.25, 0.3) is 0 Å². The SMILES string of the molecule is Nc1nc(-c2cccc(C(F)(F)F)c2)nc2sc(CN3CC=CC3)cc12. The van der Waals surface area contributed by atoms with Crippen molar-refractivity contribution in [1.29, 1.82) is 0 Å². The van der Waals surface area contributed by atoms with Gasteiger partial charge in [-0.2, -0.15) is 13.2 Å². The minimum atomic E-state index is -4.41. The molecule has 4 nitrogen and oxygen atoms in total. The monoisotopic (exact) mass is 376 g/mol. The summed E-state index contributed by atoms with van der Waals surface area (Å²) >= 11 is 1.49. The Morgan fingerprint density at radius 1 is 1.12 bits per heavy atom. The van der Waals surface area contributed by atoms with E-state index in [9.17, 15) is 13.2 Å². The molecule has 134 valence electrons. The summed E-state index contributed by atoms with van der Waals surface area (Å²) in [6, 6.07) is 6.94. The summed E-state index contributed by atoms with van der Waals surface area (Å²) in [6.07, 6.45) is -0.175. The van der Waals surface area contributed by atoms with Crippen LogP contribution >= 0.6 is 11.3 Å². The van der Waals surface area contributed by atoms with Gasteiger partial charge in [-0.1, -0.05) is 24.3 Å². The molecule has 0 unspecified atom stereocenters. The van der Waals surface area contributed by atoms with Crippen LogP contribution in [0.2, 0.25) is 0 Å². The van der Waals surface area contributed by atoms with Crippen molar-refractivity contribution in [1.82, 2.24) is 14.9 Å². The van der Waals surface area contributed by atoms with Gasteiger partial charge in [-0.3, -0.25) is 4.90 Å². The molecule has 1 aromatic carbocycles. The Balaban J connectivity index is 1.70. The molecule has 0 amide bonds. The van der Waals surface area contributed by atoms with Crippen LogP contribution in [0, 0.1) is 0 Å². The molecule has 0 saturated heterocycles. The lowest BCUT2D eigenvalue weighted by atomic mass is 10.1. The largest absolute Gasteiger partial charge is 0.416 e. The van der Waals surface area contributed by atoms with E-state index in [4.69, 9.17) is 5.73 Å². The first-order chi connectivity index (χ1) is 12.4. The average molecular weight is 376 g/mol. The van der Waals surface area contributed by atoms with E-state index < -0.39 is 11.7 Å². The maximum absolute atomic E-state index is 12.9. The van der Waals surface area contributed by atoms with Crippen LogP contribution in [0.25, 0.3) is 21.6 Å². The second-order valence-electron chi connectivity index (χ2n) is 6.11. The van der Waals surface area contributed by atoms with Crippen molar-refractivity contribution in [2.75, 3.05) is 18.8 Å². The smallest absolute Gasteiger partial charge is 0.383 e. The van der Waals surface area contributed by atoms with Crippen molar-refractivity contribution < 1.29 is 13.2 Å². The first-order valence-corrected chi connectivity index (χ1v) is 8.83. The molecule has 26 heavy (non-hydrogen) atoms. The van der Waals surface area contributed by atoms with Gasteiger partial charge in [-0.25, -0.2) is 9.97 Å². The van der Waals surface area contributed by atoms with Crippen molar-refractivity contribution in [2.24, 2.45) is 0 Å². The van der Waals surface area contributed by atoms with Gasteiger partial charge in [0.05, 0.1) is 10.9 Å². The number of nitrogens with zero attached hydrogens (tertiary/aromatic N) is 3. The number of fused-ring (bicyclic) bond motifs is 1. The predicted molar refractivity (Wildman–Crippen MR) is 96.7 cm³/mol. The molecule has 2 N–H and O–H groups in total. The summed E-state index contributed by atoms with van der Waals surface area (Å²) in [7, 11) is 0. The Morgan fingerprint density at radius 2 is 1.88 bits per heavy atom. The summed E-state index contributed by atoms with van der Waals surface area (Å²) in [6.45, 7) is 2.60. The highest BCUT2D eigenvalue weighted by molar-refractivity contribution is 7.18. The van der Waals surface area contributed by atoms with Gasteiger partial charge < -0.3 is 5.73 Å². The number of anilines is 1. The lowest BCUT2D eigenvalue weighted by Crippen LogP contribution is -2.18. The first-order valence-electron chi connectivity index (χ1n) is 8.01. The van der Waals surface area contributed by atoms with E-state index in [0.717, 1.165) is 42.0 Å². The van der Waals surface area contributed by atoms with Crippen LogP contribution in [0.5, 0.6) is 0 Å². The van der Waals surface area contributed by atoms with Gasteiger partial charge in [-0.05, 0) is 18.2 Å². The van der Waals surface area contributed by atoms with Crippen LogP contribution in [0.4, 0.5) is 19.0 Å². The highest BCUT2D eigenvalue weighted by Crippen LogP contribution is 2.34. The quantitative estimate of drug-likeness (QED) is 0.692. The van der Waals surface area contributed by atoms with Gasteiger partial charge in [0.15, 0.2) is 5.82 Å².